The molecule has 1 aliphatic heterocycles. The van der Waals surface area contributed by atoms with Gasteiger partial charge in [0.05, 0.1) is 16.6 Å². The van der Waals surface area contributed by atoms with Crippen molar-refractivity contribution >= 4 is 27.3 Å². The number of para-hydroxylation sites is 1. The van der Waals surface area contributed by atoms with Gasteiger partial charge in [0.25, 0.3) is 10.0 Å². The van der Waals surface area contributed by atoms with Crippen molar-refractivity contribution in [2.45, 2.75) is 30.5 Å². The number of anilines is 1. The SMILES string of the molecule is CC(=O)NS(=O)(=O)c1ccc(C2CC(C(F)(F)F)=NN2c2ccccc2)cc1. The van der Waals surface area contributed by atoms with Crippen LogP contribution in [0, 0.1) is 0 Å². The van der Waals surface area contributed by atoms with Crippen molar-refractivity contribution < 1.29 is 26.4 Å². The normalized spacial score (nSPS) is 17.4. The maximum absolute atomic E-state index is 13.2. The van der Waals surface area contributed by atoms with E-state index in [0.717, 1.165) is 6.92 Å². The van der Waals surface area contributed by atoms with Crippen LogP contribution in [0.25, 0.3) is 0 Å². The van der Waals surface area contributed by atoms with Crippen molar-refractivity contribution in [2.75, 3.05) is 5.01 Å². The molecule has 28 heavy (non-hydrogen) atoms. The molecule has 0 aliphatic carbocycles. The lowest BCUT2D eigenvalue weighted by atomic mass is 10.0. The number of halogens is 3. The molecule has 1 atom stereocenters. The van der Waals surface area contributed by atoms with Gasteiger partial charge >= 0.3 is 6.18 Å². The molecule has 0 aromatic heterocycles. The molecule has 10 heteroatoms. The van der Waals surface area contributed by atoms with Crippen LogP contribution >= 0.6 is 0 Å². The number of alkyl halides is 3. The third-order valence-electron chi connectivity index (χ3n) is 4.11. The number of hydrazone groups is 1. The molecule has 148 valence electrons. The zero-order valence-electron chi connectivity index (χ0n) is 14.6. The molecular weight excluding hydrogens is 395 g/mol. The summed E-state index contributed by atoms with van der Waals surface area (Å²) in [5.74, 6) is -0.738. The topological polar surface area (TPSA) is 78.8 Å². The molecule has 0 saturated carbocycles. The largest absolute Gasteiger partial charge is 0.431 e. The molecule has 6 nitrogen and oxygen atoms in total. The summed E-state index contributed by atoms with van der Waals surface area (Å²) in [6, 6.07) is 13.0. The van der Waals surface area contributed by atoms with Gasteiger partial charge in [-0.25, -0.2) is 13.1 Å². The maximum Gasteiger partial charge on any atom is 0.431 e. The molecule has 0 radical (unpaired) electrons. The van der Waals surface area contributed by atoms with Gasteiger partial charge in [-0.3, -0.25) is 9.80 Å². The number of hydrogen-bond acceptors (Lipinski definition) is 5. The first kappa shape index (κ1) is 19.9. The van der Waals surface area contributed by atoms with E-state index in [1.165, 1.54) is 29.3 Å². The van der Waals surface area contributed by atoms with E-state index in [4.69, 9.17) is 0 Å². The Balaban J connectivity index is 1.94. The average Bonchev–Trinajstić information content (AvgIpc) is 3.07. The second-order valence-corrected chi connectivity index (χ2v) is 7.86. The van der Waals surface area contributed by atoms with Gasteiger partial charge in [-0.1, -0.05) is 30.3 Å². The fourth-order valence-electron chi connectivity index (χ4n) is 2.88. The van der Waals surface area contributed by atoms with Gasteiger partial charge in [0.1, 0.15) is 5.71 Å². The third kappa shape index (κ3) is 4.16. The monoisotopic (exact) mass is 411 g/mol. The number of benzene rings is 2. The number of nitrogens with one attached hydrogen (secondary N) is 1. The summed E-state index contributed by atoms with van der Waals surface area (Å²) < 4.78 is 65.5. The van der Waals surface area contributed by atoms with Crippen LogP contribution in [-0.4, -0.2) is 26.2 Å². The lowest BCUT2D eigenvalue weighted by Gasteiger charge is -2.24. The second-order valence-electron chi connectivity index (χ2n) is 6.18. The molecule has 1 heterocycles. The van der Waals surface area contributed by atoms with Gasteiger partial charge in [0, 0.05) is 13.3 Å². The Hall–Kier alpha value is -2.88. The number of nitrogens with zero attached hydrogens (tertiary/aromatic N) is 2. The maximum atomic E-state index is 13.2. The summed E-state index contributed by atoms with van der Waals surface area (Å²) >= 11 is 0. The fourth-order valence-corrected chi connectivity index (χ4v) is 3.87. The van der Waals surface area contributed by atoms with Gasteiger partial charge in [0.2, 0.25) is 5.91 Å². The molecule has 0 fully saturated rings. The van der Waals surface area contributed by atoms with E-state index in [9.17, 15) is 26.4 Å². The standard InChI is InChI=1S/C18H16F3N3O3S/c1-12(25)23-28(26,27)15-9-7-13(8-10-15)16-11-17(18(19,20)21)22-24(16)14-5-3-2-4-6-14/h2-10,16H,11H2,1H3,(H,23,25). The molecule has 1 N–H and O–H groups in total. The molecule has 2 aromatic rings. The van der Waals surface area contributed by atoms with E-state index in [2.05, 4.69) is 5.10 Å². The Bertz CT molecular complexity index is 1000. The molecule has 0 bridgehead atoms. The minimum absolute atomic E-state index is 0.160. The predicted octanol–water partition coefficient (Wildman–Crippen LogP) is 3.38. The highest BCUT2D eigenvalue weighted by molar-refractivity contribution is 7.90. The van der Waals surface area contributed by atoms with E-state index in [1.807, 2.05) is 4.72 Å². The van der Waals surface area contributed by atoms with E-state index >= 15 is 0 Å². The Morgan fingerprint density at radius 3 is 2.25 bits per heavy atom. The van der Waals surface area contributed by atoms with Crippen LogP contribution in [0.2, 0.25) is 0 Å². The number of rotatable bonds is 4. The predicted molar refractivity (Wildman–Crippen MR) is 97.2 cm³/mol. The Morgan fingerprint density at radius 2 is 1.71 bits per heavy atom. The number of sulfonamides is 1. The van der Waals surface area contributed by atoms with E-state index < -0.39 is 33.9 Å². The molecule has 0 saturated heterocycles. The van der Waals surface area contributed by atoms with E-state index in [-0.39, 0.29) is 11.3 Å². The molecule has 1 aliphatic rings. The van der Waals surface area contributed by atoms with Gasteiger partial charge in [-0.2, -0.15) is 18.3 Å². The first-order valence-corrected chi connectivity index (χ1v) is 9.68. The summed E-state index contributed by atoms with van der Waals surface area (Å²) in [5.41, 5.74) is 0.0478. The fraction of sp³-hybridized carbons (Fsp3) is 0.222. The zero-order valence-corrected chi connectivity index (χ0v) is 15.5. The molecule has 1 unspecified atom stereocenters. The van der Waals surface area contributed by atoms with Crippen molar-refractivity contribution in [1.82, 2.24) is 4.72 Å². The molecule has 3 rings (SSSR count). The van der Waals surface area contributed by atoms with Crippen molar-refractivity contribution in [3.63, 3.8) is 0 Å². The van der Waals surface area contributed by atoms with Crippen molar-refractivity contribution in [2.24, 2.45) is 5.10 Å². The number of hydrogen-bond donors (Lipinski definition) is 1. The van der Waals surface area contributed by atoms with E-state index in [1.54, 1.807) is 30.3 Å². The Labute approximate surface area is 159 Å². The highest BCUT2D eigenvalue weighted by Gasteiger charge is 2.43. The molecule has 0 spiro atoms. The summed E-state index contributed by atoms with van der Waals surface area (Å²) in [6.07, 6.45) is -4.92. The minimum atomic E-state index is -4.56. The van der Waals surface area contributed by atoms with Crippen LogP contribution in [0.5, 0.6) is 0 Å². The quantitative estimate of drug-likeness (QED) is 0.837. The summed E-state index contributed by atoms with van der Waals surface area (Å²) in [7, 11) is -4.02. The van der Waals surface area contributed by atoms with Gasteiger partial charge in [-0.15, -0.1) is 0 Å². The molecule has 1 amide bonds. The number of carbonyl (C=O) groups excluding carboxylic acids is 1. The number of amides is 1. The van der Waals surface area contributed by atoms with E-state index in [0.29, 0.717) is 11.3 Å². The van der Waals surface area contributed by atoms with Gasteiger partial charge < -0.3 is 0 Å². The Morgan fingerprint density at radius 1 is 1.11 bits per heavy atom. The van der Waals surface area contributed by atoms with Crippen molar-refractivity contribution in [3.05, 3.63) is 60.2 Å². The lowest BCUT2D eigenvalue weighted by Crippen LogP contribution is -2.28. The highest BCUT2D eigenvalue weighted by atomic mass is 32.2. The van der Waals surface area contributed by atoms with Crippen LogP contribution in [-0.2, 0) is 14.8 Å². The smallest absolute Gasteiger partial charge is 0.274 e. The van der Waals surface area contributed by atoms with Crippen LogP contribution < -0.4 is 9.73 Å². The van der Waals surface area contributed by atoms with Crippen LogP contribution in [0.3, 0.4) is 0 Å². The van der Waals surface area contributed by atoms with Crippen molar-refractivity contribution in [3.8, 4) is 0 Å². The van der Waals surface area contributed by atoms with Crippen LogP contribution in [0.4, 0.5) is 18.9 Å². The summed E-state index contributed by atoms with van der Waals surface area (Å²) in [5, 5.41) is 5.03. The first-order chi connectivity index (χ1) is 13.1. The highest BCUT2D eigenvalue weighted by Crippen LogP contribution is 2.39. The Kier molecular flexibility index (Phi) is 5.16. The van der Waals surface area contributed by atoms with Crippen LogP contribution in [0.15, 0.2) is 64.6 Å². The summed E-state index contributed by atoms with van der Waals surface area (Å²) in [6.45, 7) is 1.07. The summed E-state index contributed by atoms with van der Waals surface area (Å²) in [4.78, 5) is 10.9. The lowest BCUT2D eigenvalue weighted by molar-refractivity contribution is -0.117. The van der Waals surface area contributed by atoms with Crippen LogP contribution in [0.1, 0.15) is 24.9 Å². The van der Waals surface area contributed by atoms with Gasteiger partial charge in [-0.05, 0) is 29.8 Å². The first-order valence-electron chi connectivity index (χ1n) is 8.20. The third-order valence-corrected chi connectivity index (χ3v) is 5.56. The molecule has 2 aromatic carbocycles. The van der Waals surface area contributed by atoms with Crippen molar-refractivity contribution in [1.29, 1.82) is 0 Å². The average molecular weight is 411 g/mol. The minimum Gasteiger partial charge on any atom is -0.274 e. The van der Waals surface area contributed by atoms with Gasteiger partial charge in [0.15, 0.2) is 0 Å². The molecular formula is C18H16F3N3O3S. The number of carbonyl (C=O) groups is 1. The zero-order chi connectivity index (χ0) is 20.5. The second kappa shape index (κ2) is 7.27.